The van der Waals surface area contributed by atoms with Crippen molar-refractivity contribution in [3.8, 4) is 0 Å². The lowest BCUT2D eigenvalue weighted by atomic mass is 10.0. The average molecular weight is 301 g/mol. The molecule has 0 aliphatic heterocycles. The molecule has 0 saturated heterocycles. The van der Waals surface area contributed by atoms with Crippen LogP contribution in [0.1, 0.15) is 31.9 Å². The van der Waals surface area contributed by atoms with Crippen LogP contribution in [-0.2, 0) is 9.53 Å². The Kier molecular flexibility index (Phi) is 5.92. The van der Waals surface area contributed by atoms with Crippen LogP contribution < -0.4 is 5.32 Å². The zero-order valence-electron chi connectivity index (χ0n) is 13.1. The molecule has 0 spiro atoms. The third-order valence-corrected chi connectivity index (χ3v) is 3.66. The first-order valence-corrected chi connectivity index (χ1v) is 7.71. The number of ether oxygens (including phenoxy) is 1. The maximum atomic E-state index is 12.0. The summed E-state index contributed by atoms with van der Waals surface area (Å²) in [6.07, 6.45) is -0.562. The predicted octanol–water partition coefficient (Wildman–Crippen LogP) is 2.80. The molecule has 2 unspecified atom stereocenters. The molecule has 0 saturated carbocycles. The summed E-state index contributed by atoms with van der Waals surface area (Å²) < 4.78 is 5.35. The molecule has 2 aromatic carbocycles. The van der Waals surface area contributed by atoms with E-state index in [1.165, 1.54) is 0 Å². The Morgan fingerprint density at radius 2 is 1.91 bits per heavy atom. The lowest BCUT2D eigenvalue weighted by Gasteiger charge is -2.17. The summed E-state index contributed by atoms with van der Waals surface area (Å²) in [4.78, 5) is 12.0. The molecule has 0 radical (unpaired) electrons. The van der Waals surface area contributed by atoms with E-state index in [-0.39, 0.29) is 12.5 Å². The van der Waals surface area contributed by atoms with E-state index in [4.69, 9.17) is 4.74 Å². The molecule has 4 heteroatoms. The molecule has 0 aliphatic carbocycles. The molecular weight excluding hydrogens is 278 g/mol. The Bertz CT molecular complexity index is 627. The number of aliphatic hydroxyl groups is 1. The van der Waals surface area contributed by atoms with Crippen LogP contribution in [0.4, 0.5) is 0 Å². The van der Waals surface area contributed by atoms with Gasteiger partial charge in [-0.3, -0.25) is 4.79 Å². The van der Waals surface area contributed by atoms with Gasteiger partial charge in [-0.25, -0.2) is 0 Å². The van der Waals surface area contributed by atoms with E-state index in [1.54, 1.807) is 0 Å². The van der Waals surface area contributed by atoms with Crippen molar-refractivity contribution in [3.05, 3.63) is 48.0 Å². The smallest absolute Gasteiger partial charge is 0.249 e. The quantitative estimate of drug-likeness (QED) is 0.827. The highest BCUT2D eigenvalue weighted by Crippen LogP contribution is 2.20. The van der Waals surface area contributed by atoms with Gasteiger partial charge in [0.15, 0.2) is 0 Å². The molecule has 2 rings (SSSR count). The number of rotatable bonds is 7. The van der Waals surface area contributed by atoms with Crippen molar-refractivity contribution in [2.24, 2.45) is 0 Å². The van der Waals surface area contributed by atoms with Gasteiger partial charge in [-0.2, -0.15) is 0 Å². The van der Waals surface area contributed by atoms with Gasteiger partial charge in [-0.15, -0.1) is 0 Å². The van der Waals surface area contributed by atoms with E-state index < -0.39 is 12.2 Å². The molecular formula is C18H23NO3. The monoisotopic (exact) mass is 301 g/mol. The van der Waals surface area contributed by atoms with Gasteiger partial charge in [0.05, 0.1) is 6.10 Å². The predicted molar refractivity (Wildman–Crippen MR) is 87.6 cm³/mol. The lowest BCUT2D eigenvalue weighted by molar-refractivity contribution is -0.133. The lowest BCUT2D eigenvalue weighted by Crippen LogP contribution is -2.38. The Labute approximate surface area is 131 Å². The fourth-order valence-electron chi connectivity index (χ4n) is 2.42. The number of nitrogens with one attached hydrogen (secondary N) is 1. The van der Waals surface area contributed by atoms with Gasteiger partial charge in [0, 0.05) is 13.2 Å². The van der Waals surface area contributed by atoms with Crippen molar-refractivity contribution in [1.29, 1.82) is 0 Å². The van der Waals surface area contributed by atoms with E-state index in [0.717, 1.165) is 16.3 Å². The summed E-state index contributed by atoms with van der Waals surface area (Å²) in [5, 5.41) is 15.2. The second kappa shape index (κ2) is 7.92. The largest absolute Gasteiger partial charge is 0.387 e. The molecule has 4 nitrogen and oxygen atoms in total. The second-order valence-corrected chi connectivity index (χ2v) is 5.22. The van der Waals surface area contributed by atoms with Gasteiger partial charge in [0.1, 0.15) is 6.10 Å². The van der Waals surface area contributed by atoms with E-state index in [0.29, 0.717) is 13.0 Å². The third-order valence-electron chi connectivity index (χ3n) is 3.66. The number of hydrogen-bond donors (Lipinski definition) is 2. The summed E-state index contributed by atoms with van der Waals surface area (Å²) in [5.74, 6) is -0.177. The topological polar surface area (TPSA) is 58.6 Å². The van der Waals surface area contributed by atoms with Crippen LogP contribution in [0, 0.1) is 0 Å². The molecule has 2 atom stereocenters. The molecule has 0 heterocycles. The van der Waals surface area contributed by atoms with Crippen LogP contribution in [0.15, 0.2) is 42.5 Å². The molecule has 0 aliphatic rings. The van der Waals surface area contributed by atoms with Crippen molar-refractivity contribution >= 4 is 16.7 Å². The minimum absolute atomic E-state index is 0.177. The first kappa shape index (κ1) is 16.5. The van der Waals surface area contributed by atoms with Gasteiger partial charge in [-0.1, -0.05) is 43.3 Å². The van der Waals surface area contributed by atoms with Gasteiger partial charge in [0.2, 0.25) is 5.91 Å². The number of carbonyl (C=O) groups is 1. The number of aliphatic hydroxyl groups excluding tert-OH is 1. The number of benzene rings is 2. The zero-order valence-corrected chi connectivity index (χ0v) is 13.1. The van der Waals surface area contributed by atoms with Gasteiger partial charge < -0.3 is 15.2 Å². The van der Waals surface area contributed by atoms with Gasteiger partial charge >= 0.3 is 0 Å². The third kappa shape index (κ3) is 4.06. The Morgan fingerprint density at radius 3 is 2.59 bits per heavy atom. The minimum Gasteiger partial charge on any atom is -0.387 e. The summed E-state index contributed by atoms with van der Waals surface area (Å²) in [5.41, 5.74) is 0.795. The number of hydrogen-bond acceptors (Lipinski definition) is 3. The summed E-state index contributed by atoms with van der Waals surface area (Å²) in [6, 6.07) is 13.8. The van der Waals surface area contributed by atoms with Crippen LogP contribution in [0.25, 0.3) is 10.8 Å². The first-order chi connectivity index (χ1) is 10.7. The highest BCUT2D eigenvalue weighted by Gasteiger charge is 2.17. The number of carbonyl (C=O) groups excluding carboxylic acids is 1. The first-order valence-electron chi connectivity index (χ1n) is 7.71. The van der Waals surface area contributed by atoms with Crippen molar-refractivity contribution in [3.63, 3.8) is 0 Å². The molecule has 118 valence electrons. The number of amides is 1. The fraction of sp³-hybridized carbons (Fsp3) is 0.389. The van der Waals surface area contributed by atoms with E-state index in [2.05, 4.69) is 5.32 Å². The normalized spacial score (nSPS) is 13.8. The SMILES string of the molecule is CCOC(CC)C(=O)NCC(O)c1ccc2ccccc2c1. The summed E-state index contributed by atoms with van der Waals surface area (Å²) >= 11 is 0. The van der Waals surface area contributed by atoms with E-state index >= 15 is 0 Å². The van der Waals surface area contributed by atoms with Crippen molar-refractivity contribution in [1.82, 2.24) is 5.32 Å². The molecule has 1 amide bonds. The van der Waals surface area contributed by atoms with Crippen LogP contribution in [0.3, 0.4) is 0 Å². The second-order valence-electron chi connectivity index (χ2n) is 5.22. The molecule has 0 fully saturated rings. The molecule has 2 aromatic rings. The van der Waals surface area contributed by atoms with Crippen LogP contribution in [0.5, 0.6) is 0 Å². The standard InChI is InChI=1S/C18H23NO3/c1-3-17(22-4-2)18(21)19-12-16(20)15-10-9-13-7-5-6-8-14(13)11-15/h5-11,16-17,20H,3-4,12H2,1-2H3,(H,19,21). The Hall–Kier alpha value is -1.91. The summed E-state index contributed by atoms with van der Waals surface area (Å²) in [6.45, 7) is 4.44. The maximum absolute atomic E-state index is 12.0. The average Bonchev–Trinajstić information content (AvgIpc) is 2.56. The van der Waals surface area contributed by atoms with E-state index in [9.17, 15) is 9.90 Å². The van der Waals surface area contributed by atoms with Gasteiger partial charge in [0.25, 0.3) is 0 Å². The van der Waals surface area contributed by atoms with Gasteiger partial charge in [-0.05, 0) is 35.7 Å². The zero-order chi connectivity index (χ0) is 15.9. The molecule has 2 N–H and O–H groups in total. The minimum atomic E-state index is -0.729. The molecule has 0 bridgehead atoms. The van der Waals surface area contributed by atoms with Crippen LogP contribution in [-0.4, -0.2) is 30.3 Å². The number of fused-ring (bicyclic) bond motifs is 1. The molecule has 22 heavy (non-hydrogen) atoms. The summed E-state index contributed by atoms with van der Waals surface area (Å²) in [7, 11) is 0. The van der Waals surface area contributed by atoms with Crippen LogP contribution >= 0.6 is 0 Å². The van der Waals surface area contributed by atoms with E-state index in [1.807, 2.05) is 56.3 Å². The Balaban J connectivity index is 1.98. The van der Waals surface area contributed by atoms with Crippen LogP contribution in [0.2, 0.25) is 0 Å². The fourth-order valence-corrected chi connectivity index (χ4v) is 2.42. The van der Waals surface area contributed by atoms with Crippen molar-refractivity contribution < 1.29 is 14.6 Å². The Morgan fingerprint density at radius 1 is 1.18 bits per heavy atom. The highest BCUT2D eigenvalue weighted by molar-refractivity contribution is 5.83. The van der Waals surface area contributed by atoms with Crippen molar-refractivity contribution in [2.75, 3.05) is 13.2 Å². The highest BCUT2D eigenvalue weighted by atomic mass is 16.5. The van der Waals surface area contributed by atoms with Crippen molar-refractivity contribution in [2.45, 2.75) is 32.5 Å². The molecule has 0 aromatic heterocycles. The maximum Gasteiger partial charge on any atom is 0.249 e.